The molecule has 76 valence electrons. The van der Waals surface area contributed by atoms with Crippen LogP contribution < -0.4 is 0 Å². The number of halogens is 3. The zero-order valence-electron chi connectivity index (χ0n) is 5.01. The Labute approximate surface area is 82.9 Å². The molecule has 0 unspecified atom stereocenters. The Bertz CT molecular complexity index is 141. The molecule has 1 N–H and O–H groups in total. The van der Waals surface area contributed by atoms with Crippen LogP contribution in [0.15, 0.2) is 0 Å². The van der Waals surface area contributed by atoms with Gasteiger partial charge in [0.1, 0.15) is 0 Å². The summed E-state index contributed by atoms with van der Waals surface area (Å²) in [6, 6.07) is 0. The minimum absolute atomic E-state index is 0. The van der Waals surface area contributed by atoms with Crippen molar-refractivity contribution in [3.8, 4) is 0 Å². The standard InChI is InChI=1S/C2H6O4S.BH3.3FH.Li.H/c1-2-6-7(3,4)5;;;;;;/h2H2,1H3,(H,3,4,5);1H3;3*1H;;. The SMILES string of the molecule is B.CCOS(=O)(=O)O.F.F.F.[LiH]. The summed E-state index contributed by atoms with van der Waals surface area (Å²) in [6.07, 6.45) is 0. The maximum atomic E-state index is 9.56. The zero-order valence-corrected chi connectivity index (χ0v) is 5.83. The predicted octanol–water partition coefficient (Wildman–Crippen LogP) is -1.55. The minimum atomic E-state index is -4.17. The van der Waals surface area contributed by atoms with E-state index < -0.39 is 10.4 Å². The second-order valence-corrected chi connectivity index (χ2v) is 1.93. The first-order chi connectivity index (χ1) is 3.06. The number of hydrogen-bond donors (Lipinski definition) is 1. The molecule has 0 amide bonds. The number of hydrogen-bond acceptors (Lipinski definition) is 3. The summed E-state index contributed by atoms with van der Waals surface area (Å²) in [4.78, 5) is 0. The Morgan fingerprint density at radius 1 is 1.25 bits per heavy atom. The van der Waals surface area contributed by atoms with E-state index >= 15 is 0 Å². The molecule has 0 aliphatic heterocycles. The first-order valence-electron chi connectivity index (χ1n) is 1.68. The molecule has 0 atom stereocenters. The van der Waals surface area contributed by atoms with Gasteiger partial charge in [0, 0.05) is 0 Å². The molecule has 0 heterocycles. The van der Waals surface area contributed by atoms with Gasteiger partial charge in [-0.15, -0.1) is 0 Å². The molecule has 0 aromatic rings. The summed E-state index contributed by atoms with van der Waals surface area (Å²) in [5, 5.41) is 0. The summed E-state index contributed by atoms with van der Waals surface area (Å²) < 4.78 is 30.7. The molecule has 0 fully saturated rings. The van der Waals surface area contributed by atoms with Crippen LogP contribution >= 0.6 is 0 Å². The van der Waals surface area contributed by atoms with Crippen LogP contribution in [0.25, 0.3) is 0 Å². The van der Waals surface area contributed by atoms with Crippen LogP contribution in [-0.2, 0) is 14.6 Å². The zero-order chi connectivity index (χ0) is 5.91. The molecule has 10 heteroatoms. The van der Waals surface area contributed by atoms with Crippen LogP contribution in [0.1, 0.15) is 6.92 Å². The van der Waals surface area contributed by atoms with E-state index in [2.05, 4.69) is 4.18 Å². The van der Waals surface area contributed by atoms with Crippen LogP contribution in [0, 0.1) is 0 Å². The van der Waals surface area contributed by atoms with Crippen molar-refractivity contribution >= 4 is 37.7 Å². The van der Waals surface area contributed by atoms with E-state index in [9.17, 15) is 8.42 Å². The van der Waals surface area contributed by atoms with Gasteiger partial charge in [-0.25, -0.2) is 4.18 Å². The van der Waals surface area contributed by atoms with Gasteiger partial charge in [0.05, 0.1) is 15.0 Å². The summed E-state index contributed by atoms with van der Waals surface area (Å²) in [6.45, 7) is 1.44. The van der Waals surface area contributed by atoms with Crippen molar-refractivity contribution in [2.24, 2.45) is 0 Å². The van der Waals surface area contributed by atoms with Gasteiger partial charge in [0.2, 0.25) is 0 Å². The Hall–Kier alpha value is 0.322. The molecule has 0 saturated carbocycles. The van der Waals surface area contributed by atoms with E-state index in [-0.39, 0.29) is 48.0 Å². The van der Waals surface area contributed by atoms with Crippen LogP contribution in [0.3, 0.4) is 0 Å². The van der Waals surface area contributed by atoms with Crippen molar-refractivity contribution in [1.82, 2.24) is 0 Å². The molecule has 0 bridgehead atoms. The van der Waals surface area contributed by atoms with Crippen molar-refractivity contribution in [1.29, 1.82) is 0 Å². The normalized spacial score (nSPS) is 6.83. The summed E-state index contributed by atoms with van der Waals surface area (Å²) in [5.41, 5.74) is 0. The van der Waals surface area contributed by atoms with Crippen LogP contribution in [-0.4, -0.2) is 46.9 Å². The molecule has 0 radical (unpaired) electrons. The number of rotatable bonds is 2. The van der Waals surface area contributed by atoms with Crippen molar-refractivity contribution < 1.29 is 31.3 Å². The predicted molar refractivity (Wildman–Crippen MR) is 47.8 cm³/mol. The Kier molecular flexibility index (Phi) is 57.4. The fourth-order valence-electron chi connectivity index (χ4n) is 0.149. The molecule has 0 rings (SSSR count). The first-order valence-corrected chi connectivity index (χ1v) is 3.04. The van der Waals surface area contributed by atoms with Gasteiger partial charge in [0.25, 0.3) is 0 Å². The van der Waals surface area contributed by atoms with Crippen molar-refractivity contribution in [2.45, 2.75) is 6.92 Å². The molecular formula is C2H13BF3LiO4S. The fraction of sp³-hybridized carbons (Fsp3) is 1.00. The second-order valence-electron chi connectivity index (χ2n) is 0.834. The van der Waals surface area contributed by atoms with E-state index in [0.29, 0.717) is 0 Å². The van der Waals surface area contributed by atoms with Gasteiger partial charge in [-0.1, -0.05) is 0 Å². The average molecular weight is 208 g/mol. The van der Waals surface area contributed by atoms with E-state index in [1.165, 1.54) is 6.92 Å². The van der Waals surface area contributed by atoms with Crippen molar-refractivity contribution in [3.05, 3.63) is 0 Å². The second kappa shape index (κ2) is 17.4. The molecule has 12 heavy (non-hydrogen) atoms. The van der Waals surface area contributed by atoms with Crippen LogP contribution in [0.2, 0.25) is 0 Å². The summed E-state index contributed by atoms with van der Waals surface area (Å²) in [5.74, 6) is 0. The molecular weight excluding hydrogens is 195 g/mol. The summed E-state index contributed by atoms with van der Waals surface area (Å²) >= 11 is 0. The van der Waals surface area contributed by atoms with E-state index in [1.54, 1.807) is 0 Å². The van der Waals surface area contributed by atoms with Gasteiger partial charge >= 0.3 is 29.3 Å². The van der Waals surface area contributed by atoms with Gasteiger partial charge in [-0.3, -0.25) is 18.7 Å². The molecule has 0 aromatic heterocycles. The first kappa shape index (κ1) is 39.5. The van der Waals surface area contributed by atoms with Gasteiger partial charge in [-0.2, -0.15) is 8.42 Å². The Balaban J connectivity index is -0.0000000180. The van der Waals surface area contributed by atoms with E-state index in [0.717, 1.165) is 0 Å². The quantitative estimate of drug-likeness (QED) is 0.440. The average Bonchev–Trinajstić information content (AvgIpc) is 1.30. The molecule has 0 aromatic carbocycles. The Morgan fingerprint density at radius 3 is 1.50 bits per heavy atom. The monoisotopic (exact) mass is 208 g/mol. The van der Waals surface area contributed by atoms with E-state index in [4.69, 9.17) is 4.55 Å². The maximum absolute atomic E-state index is 9.56. The molecule has 0 saturated heterocycles. The van der Waals surface area contributed by atoms with Crippen molar-refractivity contribution in [2.75, 3.05) is 6.61 Å². The van der Waals surface area contributed by atoms with Crippen LogP contribution in [0.4, 0.5) is 14.1 Å². The topological polar surface area (TPSA) is 63.6 Å². The van der Waals surface area contributed by atoms with Crippen molar-refractivity contribution in [3.63, 3.8) is 0 Å². The molecule has 0 spiro atoms. The third kappa shape index (κ3) is 48.0. The summed E-state index contributed by atoms with van der Waals surface area (Å²) in [7, 11) is -4.17. The molecule has 0 aliphatic rings. The Morgan fingerprint density at radius 2 is 1.50 bits per heavy atom. The van der Waals surface area contributed by atoms with E-state index in [1.807, 2.05) is 0 Å². The third-order valence-corrected chi connectivity index (χ3v) is 0.800. The van der Waals surface area contributed by atoms with Gasteiger partial charge in [-0.05, 0) is 6.92 Å². The fourth-order valence-corrected chi connectivity index (χ4v) is 0.447. The third-order valence-electron chi connectivity index (χ3n) is 0.267. The van der Waals surface area contributed by atoms with Gasteiger partial charge < -0.3 is 0 Å². The molecule has 4 nitrogen and oxygen atoms in total. The van der Waals surface area contributed by atoms with Gasteiger partial charge in [0.15, 0.2) is 0 Å². The van der Waals surface area contributed by atoms with Crippen LogP contribution in [0.5, 0.6) is 0 Å². The molecule has 0 aliphatic carbocycles.